The highest BCUT2D eigenvalue weighted by molar-refractivity contribution is 5.93. The number of methoxy groups -OCH3 is 1. The van der Waals surface area contributed by atoms with Gasteiger partial charge in [0.05, 0.1) is 16.7 Å². The summed E-state index contributed by atoms with van der Waals surface area (Å²) in [6, 6.07) is 3.24. The van der Waals surface area contributed by atoms with Gasteiger partial charge in [0.15, 0.2) is 11.5 Å². The minimum absolute atomic E-state index is 0.520. The normalized spacial score (nSPS) is 13.9. The minimum Gasteiger partial charge on any atom is -0.493 e. The van der Waals surface area contributed by atoms with Crippen molar-refractivity contribution in [2.75, 3.05) is 7.04 Å². The lowest BCUT2D eigenvalue weighted by Gasteiger charge is -2.17. The first kappa shape index (κ1) is 17.0. The summed E-state index contributed by atoms with van der Waals surface area (Å²) in [4.78, 5) is 11.5. The molecule has 0 aliphatic rings. The van der Waals surface area contributed by atoms with Gasteiger partial charge < -0.3 is 19.3 Å². The van der Waals surface area contributed by atoms with Gasteiger partial charge in [-0.25, -0.2) is 4.79 Å². The molecule has 0 saturated heterocycles. The number of carboxylic acids is 1. The van der Waals surface area contributed by atoms with Crippen LogP contribution >= 0.6 is 0 Å². The predicted molar refractivity (Wildman–Crippen MR) is 82.9 cm³/mol. The summed E-state index contributed by atoms with van der Waals surface area (Å²) >= 11 is 0. The molecular formula is C17H12F6O5. The predicted octanol–water partition coefficient (Wildman–Crippen LogP) is 5.41. The average molecular weight is 413 g/mol. The smallest absolute Gasteiger partial charge is 0.493 e. The van der Waals surface area contributed by atoms with Crippen LogP contribution in [0.1, 0.15) is 25.6 Å². The molecule has 0 aliphatic carbocycles. The molecule has 0 amide bonds. The van der Waals surface area contributed by atoms with Crippen molar-refractivity contribution in [1.82, 2.24) is 0 Å². The van der Waals surface area contributed by atoms with E-state index < -0.39 is 65.2 Å². The second-order valence-electron chi connectivity index (χ2n) is 5.27. The van der Waals surface area contributed by atoms with Crippen molar-refractivity contribution < 1.29 is 54.6 Å². The molecule has 0 atom stereocenters. The molecule has 0 spiro atoms. The van der Waals surface area contributed by atoms with Crippen LogP contribution in [0, 0.1) is 6.92 Å². The fourth-order valence-electron chi connectivity index (χ4n) is 2.31. The number of ether oxygens (including phenoxy) is 3. The van der Waals surface area contributed by atoms with Gasteiger partial charge in [-0.2, -0.15) is 13.2 Å². The summed E-state index contributed by atoms with van der Waals surface area (Å²) in [5.41, 5.74) is -2.82. The van der Waals surface area contributed by atoms with Crippen LogP contribution in [0.5, 0.6) is 23.0 Å². The number of carbonyl (C=O) groups is 1. The zero-order valence-corrected chi connectivity index (χ0v) is 13.7. The molecule has 0 heterocycles. The van der Waals surface area contributed by atoms with Gasteiger partial charge in [0.1, 0.15) is 17.1 Å². The molecule has 11 heteroatoms. The van der Waals surface area contributed by atoms with E-state index in [1.807, 2.05) is 0 Å². The van der Waals surface area contributed by atoms with Crippen LogP contribution in [0.25, 0.3) is 0 Å². The van der Waals surface area contributed by atoms with Crippen LogP contribution < -0.4 is 14.2 Å². The zero-order valence-electron chi connectivity index (χ0n) is 16.7. The summed E-state index contributed by atoms with van der Waals surface area (Å²) < 4.78 is 111. The van der Waals surface area contributed by atoms with E-state index in [1.165, 1.54) is 0 Å². The van der Waals surface area contributed by atoms with Crippen molar-refractivity contribution in [3.8, 4) is 23.0 Å². The fourth-order valence-corrected chi connectivity index (χ4v) is 2.31. The summed E-state index contributed by atoms with van der Waals surface area (Å²) in [5.74, 6) is -4.66. The lowest BCUT2D eigenvalue weighted by molar-refractivity contribution is -0.274. The van der Waals surface area contributed by atoms with Gasteiger partial charge in [-0.3, -0.25) is 0 Å². The topological polar surface area (TPSA) is 65.0 Å². The third kappa shape index (κ3) is 4.78. The van der Waals surface area contributed by atoms with E-state index in [2.05, 4.69) is 9.47 Å². The minimum atomic E-state index is -5.11. The Kier molecular flexibility index (Phi) is 4.55. The van der Waals surface area contributed by atoms with E-state index in [0.29, 0.717) is 24.3 Å². The van der Waals surface area contributed by atoms with Gasteiger partial charge >= 0.3 is 18.5 Å². The van der Waals surface area contributed by atoms with Crippen molar-refractivity contribution in [2.24, 2.45) is 0 Å². The Labute approximate surface area is 158 Å². The Bertz CT molecular complexity index is 986. The first-order chi connectivity index (χ1) is 14.0. The second kappa shape index (κ2) is 7.49. The number of aromatic carboxylic acids is 1. The van der Waals surface area contributed by atoms with Crippen LogP contribution in [0.2, 0.25) is 0 Å². The summed E-state index contributed by atoms with van der Waals surface area (Å²) in [6.07, 6.45) is -9.97. The molecular weight excluding hydrogens is 398 g/mol. The lowest BCUT2D eigenvalue weighted by Crippen LogP contribution is -2.17. The molecule has 28 heavy (non-hydrogen) atoms. The van der Waals surface area contributed by atoms with E-state index in [4.69, 9.17) is 8.85 Å². The number of halogens is 6. The quantitative estimate of drug-likeness (QED) is 0.664. The highest BCUT2D eigenvalue weighted by Crippen LogP contribution is 2.40. The molecule has 0 saturated carbocycles. The van der Waals surface area contributed by atoms with Gasteiger partial charge in [0.25, 0.3) is 0 Å². The Morgan fingerprint density at radius 2 is 1.68 bits per heavy atom. The van der Waals surface area contributed by atoms with Crippen LogP contribution in [0.3, 0.4) is 0 Å². The molecule has 0 aliphatic heterocycles. The molecule has 2 rings (SSSR count). The van der Waals surface area contributed by atoms with Gasteiger partial charge in [0, 0.05) is 6.07 Å². The highest BCUT2D eigenvalue weighted by Gasteiger charge is 2.35. The number of carboxylic acid groups (broad SMARTS) is 1. The lowest BCUT2D eigenvalue weighted by atomic mass is 10.0. The largest absolute Gasteiger partial charge is 0.573 e. The third-order valence-corrected chi connectivity index (χ3v) is 3.42. The standard InChI is InChI=1S/C17H12F6O5/c1-8-10(16(18,19)20)4-6-12(14(8)15(24)25)27-11-5-3-9(7-13(11)26-2)28-17(21,22)23/h3-7H,1-2H3,(H,24,25)/i2D3. The molecule has 152 valence electrons. The summed E-state index contributed by atoms with van der Waals surface area (Å²) in [5, 5.41) is 9.33. The number of hydrogen-bond donors (Lipinski definition) is 1. The molecule has 0 unspecified atom stereocenters. The van der Waals surface area contributed by atoms with Crippen molar-refractivity contribution >= 4 is 5.97 Å². The van der Waals surface area contributed by atoms with E-state index in [9.17, 15) is 36.2 Å². The van der Waals surface area contributed by atoms with Gasteiger partial charge in [-0.05, 0) is 36.8 Å². The Balaban J connectivity index is 2.56. The van der Waals surface area contributed by atoms with Crippen LogP contribution in [-0.2, 0) is 6.18 Å². The van der Waals surface area contributed by atoms with Crippen molar-refractivity contribution in [3.63, 3.8) is 0 Å². The molecule has 1 N–H and O–H groups in total. The molecule has 5 nitrogen and oxygen atoms in total. The zero-order chi connectivity index (χ0) is 23.8. The number of alkyl halides is 6. The van der Waals surface area contributed by atoms with Gasteiger partial charge in [-0.15, -0.1) is 13.2 Å². The van der Waals surface area contributed by atoms with Crippen molar-refractivity contribution in [1.29, 1.82) is 0 Å². The van der Waals surface area contributed by atoms with Crippen LogP contribution in [-0.4, -0.2) is 24.5 Å². The van der Waals surface area contributed by atoms with Gasteiger partial charge in [0.2, 0.25) is 0 Å². The second-order valence-corrected chi connectivity index (χ2v) is 5.27. The van der Waals surface area contributed by atoms with E-state index >= 15 is 0 Å². The first-order valence-electron chi connectivity index (χ1n) is 8.69. The monoisotopic (exact) mass is 413 g/mol. The fraction of sp³-hybridized carbons (Fsp3) is 0.235. The highest BCUT2D eigenvalue weighted by atomic mass is 19.4. The molecule has 0 fully saturated rings. The SMILES string of the molecule is [2H]C([2H])([2H])Oc1cc(OC(F)(F)F)ccc1Oc1ccc(C(F)(F)F)c(C)c1C(=O)O. The van der Waals surface area contributed by atoms with Crippen molar-refractivity contribution in [3.05, 3.63) is 47.0 Å². The van der Waals surface area contributed by atoms with Gasteiger partial charge in [-0.1, -0.05) is 0 Å². The van der Waals surface area contributed by atoms with E-state index in [-0.39, 0.29) is 0 Å². The number of benzene rings is 2. The van der Waals surface area contributed by atoms with Crippen LogP contribution in [0.15, 0.2) is 30.3 Å². The molecule has 2 aromatic carbocycles. The van der Waals surface area contributed by atoms with Crippen LogP contribution in [0.4, 0.5) is 26.3 Å². The summed E-state index contributed by atoms with van der Waals surface area (Å²) in [6.45, 7) is 0.888. The first-order valence-corrected chi connectivity index (χ1v) is 7.19. The average Bonchev–Trinajstić information content (AvgIpc) is 2.52. The third-order valence-electron chi connectivity index (χ3n) is 3.42. The maximum atomic E-state index is 13.1. The molecule has 0 radical (unpaired) electrons. The van der Waals surface area contributed by atoms with E-state index in [0.717, 1.165) is 13.0 Å². The van der Waals surface area contributed by atoms with E-state index in [1.54, 1.807) is 0 Å². The Morgan fingerprint density at radius 3 is 2.21 bits per heavy atom. The maximum absolute atomic E-state index is 13.1. The summed E-state index contributed by atoms with van der Waals surface area (Å²) in [7, 11) is -3.15. The molecule has 2 aromatic rings. The Hall–Kier alpha value is -3.11. The Morgan fingerprint density at radius 1 is 1.04 bits per heavy atom. The maximum Gasteiger partial charge on any atom is 0.573 e. The number of hydrogen-bond acceptors (Lipinski definition) is 4. The molecule has 0 aromatic heterocycles. The van der Waals surface area contributed by atoms with Crippen molar-refractivity contribution in [2.45, 2.75) is 19.5 Å². The number of rotatable bonds is 5. The molecule has 0 bridgehead atoms.